The fraction of sp³-hybridized carbons (Fsp3) is 0.429. The molecule has 3 atom stereocenters. The zero-order valence-electron chi connectivity index (χ0n) is 15.4. The molecule has 4 rings (SSSR count). The van der Waals surface area contributed by atoms with Crippen molar-refractivity contribution in [1.29, 1.82) is 0 Å². The number of pyridine rings is 1. The number of ketones is 1. The summed E-state index contributed by atoms with van der Waals surface area (Å²) in [6.07, 6.45) is 3.61. The van der Waals surface area contributed by atoms with Gasteiger partial charge in [0, 0.05) is 13.1 Å². The van der Waals surface area contributed by atoms with E-state index in [1.54, 1.807) is 13.2 Å². The summed E-state index contributed by atoms with van der Waals surface area (Å²) in [6, 6.07) is 10.8. The molecule has 1 aliphatic carbocycles. The van der Waals surface area contributed by atoms with E-state index >= 15 is 0 Å². The average molecular weight is 368 g/mol. The first-order valence-corrected chi connectivity index (χ1v) is 9.32. The summed E-state index contributed by atoms with van der Waals surface area (Å²) in [5.74, 6) is 2.94. The molecule has 0 bridgehead atoms. The molecule has 1 N–H and O–H groups in total. The van der Waals surface area contributed by atoms with Crippen LogP contribution in [0.3, 0.4) is 0 Å². The molecule has 1 saturated carbocycles. The Hall–Kier alpha value is -2.60. The number of aromatic nitrogens is 1. The number of aromatic hydroxyl groups is 1. The number of methoxy groups -OCH3 is 1. The molecule has 142 valence electrons. The van der Waals surface area contributed by atoms with Crippen LogP contribution >= 0.6 is 0 Å². The maximum absolute atomic E-state index is 12.4. The number of likely N-dealkylation sites (tertiary alicyclic amines) is 1. The zero-order chi connectivity index (χ0) is 18.8. The molecule has 1 aliphatic heterocycles. The van der Waals surface area contributed by atoms with E-state index in [9.17, 15) is 9.90 Å². The van der Waals surface area contributed by atoms with E-state index in [1.807, 2.05) is 24.3 Å². The van der Waals surface area contributed by atoms with Crippen LogP contribution < -0.4 is 9.47 Å². The van der Waals surface area contributed by atoms with Crippen molar-refractivity contribution in [1.82, 2.24) is 9.88 Å². The van der Waals surface area contributed by atoms with Crippen LogP contribution in [0, 0.1) is 11.8 Å². The number of hydrogen-bond donors (Lipinski definition) is 1. The Kier molecular flexibility index (Phi) is 4.99. The van der Waals surface area contributed by atoms with Gasteiger partial charge < -0.3 is 14.6 Å². The zero-order valence-corrected chi connectivity index (χ0v) is 15.4. The second kappa shape index (κ2) is 7.56. The monoisotopic (exact) mass is 368 g/mol. The fourth-order valence-corrected chi connectivity index (χ4v) is 4.25. The van der Waals surface area contributed by atoms with Gasteiger partial charge in [-0.25, -0.2) is 4.98 Å². The Morgan fingerprint density at radius 2 is 1.78 bits per heavy atom. The van der Waals surface area contributed by atoms with Crippen molar-refractivity contribution in [2.24, 2.45) is 11.8 Å². The number of Topliss-reactive ketones (excluding diaryl/α,β-unsaturated/α-hetero) is 1. The second-order valence-corrected chi connectivity index (χ2v) is 7.43. The van der Waals surface area contributed by atoms with Gasteiger partial charge in [-0.1, -0.05) is 0 Å². The second-order valence-electron chi connectivity index (χ2n) is 7.43. The summed E-state index contributed by atoms with van der Waals surface area (Å²) < 4.78 is 11.3. The van der Waals surface area contributed by atoms with Crippen LogP contribution in [0.2, 0.25) is 0 Å². The van der Waals surface area contributed by atoms with Crippen molar-refractivity contribution in [3.05, 3.63) is 48.3 Å². The van der Waals surface area contributed by atoms with Crippen molar-refractivity contribution in [3.8, 4) is 17.2 Å². The van der Waals surface area contributed by atoms with Crippen molar-refractivity contribution in [3.63, 3.8) is 0 Å². The Balaban J connectivity index is 1.27. The van der Waals surface area contributed by atoms with Gasteiger partial charge in [-0.2, -0.15) is 0 Å². The SMILES string of the molecule is COc1ccc(OC2CC3CN(CC(=O)c4ccc(O)cn4)C[C@H]3C2)cc1. The highest BCUT2D eigenvalue weighted by Gasteiger charge is 2.42. The normalized spacial score (nSPS) is 24.6. The lowest BCUT2D eigenvalue weighted by Crippen LogP contribution is -2.30. The summed E-state index contributed by atoms with van der Waals surface area (Å²) in [6.45, 7) is 2.24. The molecule has 0 amide bonds. The van der Waals surface area contributed by atoms with Crippen molar-refractivity contribution >= 4 is 5.78 Å². The number of fused-ring (bicyclic) bond motifs is 1. The summed E-state index contributed by atoms with van der Waals surface area (Å²) in [5.41, 5.74) is 0.408. The molecule has 2 aliphatic rings. The van der Waals surface area contributed by atoms with E-state index < -0.39 is 0 Å². The Morgan fingerprint density at radius 3 is 2.37 bits per heavy atom. The van der Waals surface area contributed by atoms with Gasteiger partial charge in [0.15, 0.2) is 5.78 Å². The van der Waals surface area contributed by atoms with Gasteiger partial charge in [-0.05, 0) is 61.1 Å². The molecule has 2 heterocycles. The summed E-state index contributed by atoms with van der Waals surface area (Å²) >= 11 is 0. The highest BCUT2D eigenvalue weighted by molar-refractivity contribution is 5.95. The number of carbonyl (C=O) groups excluding carboxylic acids is 1. The van der Waals surface area contributed by atoms with Crippen LogP contribution in [-0.4, -0.2) is 53.6 Å². The number of hydrogen-bond acceptors (Lipinski definition) is 6. The van der Waals surface area contributed by atoms with Crippen LogP contribution in [-0.2, 0) is 0 Å². The van der Waals surface area contributed by atoms with Gasteiger partial charge in [0.1, 0.15) is 22.9 Å². The van der Waals surface area contributed by atoms with E-state index in [-0.39, 0.29) is 17.6 Å². The van der Waals surface area contributed by atoms with Gasteiger partial charge in [-0.15, -0.1) is 0 Å². The van der Waals surface area contributed by atoms with Crippen LogP contribution in [0.4, 0.5) is 0 Å². The predicted molar refractivity (Wildman–Crippen MR) is 100 cm³/mol. The minimum atomic E-state index is 0.000932. The molecule has 2 unspecified atom stereocenters. The molecule has 6 nitrogen and oxygen atoms in total. The number of benzene rings is 1. The average Bonchev–Trinajstić information content (AvgIpc) is 3.20. The topological polar surface area (TPSA) is 71.9 Å². The molecule has 27 heavy (non-hydrogen) atoms. The third-order valence-corrected chi connectivity index (χ3v) is 5.55. The van der Waals surface area contributed by atoms with Crippen LogP contribution in [0.15, 0.2) is 42.6 Å². The maximum Gasteiger partial charge on any atom is 0.195 e. The first-order chi connectivity index (χ1) is 13.1. The third kappa shape index (κ3) is 4.06. The first-order valence-electron chi connectivity index (χ1n) is 9.32. The minimum Gasteiger partial charge on any atom is -0.506 e. The number of ether oxygens (including phenoxy) is 2. The van der Waals surface area contributed by atoms with Gasteiger partial charge in [0.05, 0.1) is 26.0 Å². The maximum atomic E-state index is 12.4. The van der Waals surface area contributed by atoms with Gasteiger partial charge >= 0.3 is 0 Å². The number of rotatable bonds is 6. The molecule has 2 fully saturated rings. The standard InChI is InChI=1S/C21H24N2O4/c1-26-17-3-5-18(6-4-17)27-19-8-14-11-23(12-15(14)9-19)13-21(25)20-7-2-16(24)10-22-20/h2-7,10,14-15,19,24H,8-9,11-13H2,1H3/t14-,15?,19?/m1/s1. The van der Waals surface area contributed by atoms with Gasteiger partial charge in [-0.3, -0.25) is 9.69 Å². The molecular formula is C21H24N2O4. The van der Waals surface area contributed by atoms with Crippen molar-refractivity contribution in [2.45, 2.75) is 18.9 Å². The molecule has 2 aromatic rings. The van der Waals surface area contributed by atoms with Crippen LogP contribution in [0.1, 0.15) is 23.3 Å². The summed E-state index contributed by atoms with van der Waals surface area (Å²) in [7, 11) is 1.66. The van der Waals surface area contributed by atoms with Crippen molar-refractivity contribution in [2.75, 3.05) is 26.7 Å². The molecule has 0 radical (unpaired) electrons. The summed E-state index contributed by atoms with van der Waals surface area (Å²) in [5, 5.41) is 9.29. The van der Waals surface area contributed by atoms with E-state index in [2.05, 4.69) is 9.88 Å². The quantitative estimate of drug-likeness (QED) is 0.791. The van der Waals surface area contributed by atoms with E-state index in [0.717, 1.165) is 37.4 Å². The molecule has 6 heteroatoms. The molecule has 1 aromatic carbocycles. The Labute approximate surface area is 158 Å². The highest BCUT2D eigenvalue weighted by atomic mass is 16.5. The van der Waals surface area contributed by atoms with E-state index in [0.29, 0.717) is 24.1 Å². The number of carbonyl (C=O) groups is 1. The Morgan fingerprint density at radius 1 is 1.11 bits per heavy atom. The fourth-order valence-electron chi connectivity index (χ4n) is 4.25. The third-order valence-electron chi connectivity index (χ3n) is 5.55. The molecule has 1 aromatic heterocycles. The molecule has 0 spiro atoms. The Bertz CT molecular complexity index is 777. The van der Waals surface area contributed by atoms with Crippen LogP contribution in [0.5, 0.6) is 17.2 Å². The number of nitrogens with zero attached hydrogens (tertiary/aromatic N) is 2. The lowest BCUT2D eigenvalue weighted by atomic mass is 10.0. The minimum absolute atomic E-state index is 0.000932. The molecule has 1 saturated heterocycles. The lowest BCUT2D eigenvalue weighted by molar-refractivity contribution is 0.0931. The van der Waals surface area contributed by atoms with Crippen molar-refractivity contribution < 1.29 is 19.4 Å². The predicted octanol–water partition coefficient (Wildman–Crippen LogP) is 2.77. The highest BCUT2D eigenvalue weighted by Crippen LogP contribution is 2.39. The van der Waals surface area contributed by atoms with Gasteiger partial charge in [0.25, 0.3) is 0 Å². The van der Waals surface area contributed by atoms with Crippen LogP contribution in [0.25, 0.3) is 0 Å². The smallest absolute Gasteiger partial charge is 0.195 e. The molecular weight excluding hydrogens is 344 g/mol. The summed E-state index contributed by atoms with van der Waals surface area (Å²) in [4.78, 5) is 18.6. The lowest BCUT2D eigenvalue weighted by Gasteiger charge is -2.19. The van der Waals surface area contributed by atoms with E-state index in [1.165, 1.54) is 12.3 Å². The van der Waals surface area contributed by atoms with Gasteiger partial charge in [0.2, 0.25) is 0 Å². The van der Waals surface area contributed by atoms with E-state index in [4.69, 9.17) is 9.47 Å². The largest absolute Gasteiger partial charge is 0.506 e. The first kappa shape index (κ1) is 17.8.